The summed E-state index contributed by atoms with van der Waals surface area (Å²) < 4.78 is 2.52. The lowest BCUT2D eigenvalue weighted by Gasteiger charge is -2.28. The molecular weight excluding hydrogens is 633 g/mol. The highest BCUT2D eigenvalue weighted by molar-refractivity contribution is 6.09. The molecule has 242 valence electrons. The summed E-state index contributed by atoms with van der Waals surface area (Å²) in [6.45, 7) is 0. The van der Waals surface area contributed by atoms with Crippen LogP contribution >= 0.6 is 0 Å². The topological polar surface area (TPSA) is 33.4 Å². The van der Waals surface area contributed by atoms with E-state index in [-0.39, 0.29) is 6.04 Å². The van der Waals surface area contributed by atoms with Crippen LogP contribution in [0.15, 0.2) is 164 Å². The molecule has 4 nitrogen and oxygen atoms in total. The first-order valence-electron chi connectivity index (χ1n) is 18.0. The molecule has 0 bridgehead atoms. The smallest absolute Gasteiger partial charge is 0.231 e. The van der Waals surface area contributed by atoms with Crippen LogP contribution in [-0.2, 0) is 6.42 Å². The van der Waals surface area contributed by atoms with Crippen LogP contribution in [-0.4, -0.2) is 20.4 Å². The Morgan fingerprint density at radius 3 is 2.17 bits per heavy atom. The summed E-state index contributed by atoms with van der Waals surface area (Å²) in [4.78, 5) is 13.3. The number of nitrogens with zero attached hydrogens (tertiary/aromatic N) is 4. The van der Waals surface area contributed by atoms with Gasteiger partial charge in [0.15, 0.2) is 0 Å². The Balaban J connectivity index is 1.15. The second-order valence-electron chi connectivity index (χ2n) is 14.1. The molecule has 1 unspecified atom stereocenters. The Kier molecular flexibility index (Phi) is 5.58. The van der Waals surface area contributed by atoms with E-state index in [0.29, 0.717) is 0 Å². The highest BCUT2D eigenvalue weighted by Gasteiger charge is 2.41. The molecule has 0 amide bonds. The minimum atomic E-state index is 0.0242. The molecule has 10 aromatic rings. The van der Waals surface area contributed by atoms with Crippen LogP contribution in [0.5, 0.6) is 0 Å². The van der Waals surface area contributed by atoms with Crippen molar-refractivity contribution in [2.45, 2.75) is 12.5 Å². The first-order valence-corrected chi connectivity index (χ1v) is 18.0. The van der Waals surface area contributed by atoms with Gasteiger partial charge in [-0.2, -0.15) is 0 Å². The Morgan fingerprint density at radius 2 is 1.25 bits per heavy atom. The Hall–Kier alpha value is -6.78. The molecule has 2 aliphatic rings. The third-order valence-corrected chi connectivity index (χ3v) is 11.4. The summed E-state index contributed by atoms with van der Waals surface area (Å²) in [5.74, 6) is 0.735. The molecule has 0 spiro atoms. The molecule has 0 fully saturated rings. The van der Waals surface area contributed by atoms with E-state index in [9.17, 15) is 0 Å². The minimum Gasteiger partial charge on any atom is -0.308 e. The van der Waals surface area contributed by atoms with E-state index >= 15 is 0 Å². The number of anilines is 2. The van der Waals surface area contributed by atoms with E-state index in [1.807, 2.05) is 0 Å². The lowest BCUT2D eigenvalue weighted by atomic mass is 9.88. The van der Waals surface area contributed by atoms with Gasteiger partial charge >= 0.3 is 0 Å². The normalized spacial score (nSPS) is 15.0. The van der Waals surface area contributed by atoms with E-state index in [2.05, 4.69) is 173 Å². The maximum absolute atomic E-state index is 5.50. The summed E-state index contributed by atoms with van der Waals surface area (Å²) in [5, 5.41) is 7.42. The first kappa shape index (κ1) is 28.0. The predicted octanol–water partition coefficient (Wildman–Crippen LogP) is 10.7. The first-order chi connectivity index (χ1) is 25.8. The van der Waals surface area contributed by atoms with Gasteiger partial charge < -0.3 is 9.30 Å². The average Bonchev–Trinajstić information content (AvgIpc) is 3.84. The van der Waals surface area contributed by atoms with E-state index in [0.717, 1.165) is 40.2 Å². The summed E-state index contributed by atoms with van der Waals surface area (Å²) in [6, 6.07) is 59.2. The molecule has 7 aromatic carbocycles. The van der Waals surface area contributed by atoms with Gasteiger partial charge in [-0.15, -0.1) is 0 Å². The predicted molar refractivity (Wildman–Crippen MR) is 214 cm³/mol. The van der Waals surface area contributed by atoms with Gasteiger partial charge in [-0.1, -0.05) is 127 Å². The number of benzene rings is 7. The molecule has 4 heterocycles. The Bertz CT molecular complexity index is 3180. The highest BCUT2D eigenvalue weighted by atomic mass is 15.3. The quantitative estimate of drug-likeness (QED) is 0.189. The number of para-hydroxylation sites is 3. The standard InChI is InChI=1S/C48H30N4/c1-2-12-29(13-3-1)32-24-25-42-37(27-32)38-28-43-44(45-36-18-8-10-20-40(36)51(42)47(38)45)35-17-7-11-21-41(35)52(43)48-49-39-19-9-6-16-34(39)46(50-48)33-23-22-30-14-4-5-15-31(30)26-33/h1-27,43H,28H2. The molecule has 3 aromatic heterocycles. The molecule has 0 saturated carbocycles. The fourth-order valence-electron chi connectivity index (χ4n) is 9.22. The van der Waals surface area contributed by atoms with Gasteiger partial charge in [0, 0.05) is 38.9 Å². The monoisotopic (exact) mass is 662 g/mol. The molecule has 1 aliphatic heterocycles. The van der Waals surface area contributed by atoms with Crippen LogP contribution in [0, 0.1) is 0 Å². The minimum absolute atomic E-state index is 0.0242. The van der Waals surface area contributed by atoms with Crippen LogP contribution in [0.3, 0.4) is 0 Å². The zero-order valence-electron chi connectivity index (χ0n) is 28.2. The van der Waals surface area contributed by atoms with Crippen molar-refractivity contribution in [1.29, 1.82) is 0 Å². The van der Waals surface area contributed by atoms with Crippen molar-refractivity contribution in [2.75, 3.05) is 4.90 Å². The van der Waals surface area contributed by atoms with Gasteiger partial charge in [0.05, 0.1) is 39.5 Å². The van der Waals surface area contributed by atoms with Crippen molar-refractivity contribution in [3.63, 3.8) is 0 Å². The number of hydrogen-bond acceptors (Lipinski definition) is 3. The van der Waals surface area contributed by atoms with Crippen LogP contribution in [0.25, 0.3) is 77.0 Å². The zero-order valence-corrected chi connectivity index (χ0v) is 28.2. The number of rotatable bonds is 3. The van der Waals surface area contributed by atoms with E-state index in [1.54, 1.807) is 0 Å². The molecule has 52 heavy (non-hydrogen) atoms. The number of aromatic nitrogens is 3. The van der Waals surface area contributed by atoms with Crippen molar-refractivity contribution < 1.29 is 0 Å². The molecule has 12 rings (SSSR count). The lowest BCUT2D eigenvalue weighted by Crippen LogP contribution is -2.35. The number of hydrogen-bond donors (Lipinski definition) is 0. The molecule has 1 atom stereocenters. The van der Waals surface area contributed by atoms with Crippen molar-refractivity contribution in [3.8, 4) is 22.4 Å². The van der Waals surface area contributed by atoms with E-state index in [1.165, 1.54) is 71.1 Å². The summed E-state index contributed by atoms with van der Waals surface area (Å²) in [5.41, 5.74) is 14.5. The van der Waals surface area contributed by atoms with Gasteiger partial charge in [-0.25, -0.2) is 9.97 Å². The molecular formula is C48H30N4. The van der Waals surface area contributed by atoms with Crippen LogP contribution in [0.2, 0.25) is 0 Å². The summed E-state index contributed by atoms with van der Waals surface area (Å²) in [7, 11) is 0. The van der Waals surface area contributed by atoms with Gasteiger partial charge in [0.2, 0.25) is 5.95 Å². The largest absolute Gasteiger partial charge is 0.308 e. The molecule has 4 heteroatoms. The SMILES string of the molecule is c1ccc(-c2ccc3c(c2)c2c4c(c5ccccc5n43)=C3c4ccccc4N(c4nc(-c5ccc6ccccc6c5)c5ccccc5n4)C3C2)cc1. The molecule has 0 N–H and O–H groups in total. The Morgan fingerprint density at radius 1 is 0.519 bits per heavy atom. The second-order valence-corrected chi connectivity index (χ2v) is 14.1. The third kappa shape index (κ3) is 3.76. The van der Waals surface area contributed by atoms with E-state index < -0.39 is 0 Å². The summed E-state index contributed by atoms with van der Waals surface area (Å²) in [6.07, 6.45) is 0.847. The van der Waals surface area contributed by atoms with Crippen molar-refractivity contribution in [2.24, 2.45) is 0 Å². The summed E-state index contributed by atoms with van der Waals surface area (Å²) >= 11 is 0. The van der Waals surface area contributed by atoms with Crippen LogP contribution in [0.1, 0.15) is 11.1 Å². The van der Waals surface area contributed by atoms with Gasteiger partial charge in [0.1, 0.15) is 0 Å². The average molecular weight is 663 g/mol. The third-order valence-electron chi connectivity index (χ3n) is 11.4. The maximum atomic E-state index is 5.50. The van der Waals surface area contributed by atoms with Gasteiger partial charge in [0.25, 0.3) is 0 Å². The molecule has 0 radical (unpaired) electrons. The Labute approximate surface area is 299 Å². The van der Waals surface area contributed by atoms with Crippen LogP contribution in [0.4, 0.5) is 11.6 Å². The fourth-order valence-corrected chi connectivity index (χ4v) is 9.22. The fraction of sp³-hybridized carbons (Fsp3) is 0.0417. The maximum Gasteiger partial charge on any atom is 0.231 e. The molecule has 1 aliphatic carbocycles. The highest BCUT2D eigenvalue weighted by Crippen LogP contribution is 2.48. The molecule has 0 saturated heterocycles. The lowest BCUT2D eigenvalue weighted by molar-refractivity contribution is 0.791. The second kappa shape index (κ2) is 10.4. The van der Waals surface area contributed by atoms with Crippen molar-refractivity contribution in [3.05, 3.63) is 180 Å². The van der Waals surface area contributed by atoms with Crippen LogP contribution < -0.4 is 10.1 Å². The van der Waals surface area contributed by atoms with Gasteiger partial charge in [-0.3, -0.25) is 0 Å². The van der Waals surface area contributed by atoms with Crippen molar-refractivity contribution in [1.82, 2.24) is 14.4 Å². The zero-order chi connectivity index (χ0) is 33.9. The number of fused-ring (bicyclic) bond motifs is 11. The van der Waals surface area contributed by atoms with E-state index in [4.69, 9.17) is 9.97 Å². The van der Waals surface area contributed by atoms with Gasteiger partial charge in [-0.05, 0) is 69.4 Å². The van der Waals surface area contributed by atoms with Crippen molar-refractivity contribution >= 4 is 66.2 Å².